The number of hydrogen-bond acceptors (Lipinski definition) is 7. The highest BCUT2D eigenvalue weighted by atomic mass is 32.2. The monoisotopic (exact) mass is 563 g/mol. The molecule has 10 nitrogen and oxygen atoms in total. The van der Waals surface area contributed by atoms with Crippen molar-refractivity contribution < 1.29 is 13.2 Å². The molecular formula is C29H37N7O3S. The van der Waals surface area contributed by atoms with Gasteiger partial charge >= 0.3 is 0 Å². The average Bonchev–Trinajstić information content (AvgIpc) is 3.51. The van der Waals surface area contributed by atoms with Gasteiger partial charge < -0.3 is 14.7 Å². The number of piperidine rings is 1. The molecule has 1 aromatic carbocycles. The van der Waals surface area contributed by atoms with E-state index in [0.29, 0.717) is 38.8 Å². The number of aromatic nitrogens is 3. The number of hydrogen-bond donors (Lipinski definition) is 1. The third-order valence-corrected chi connectivity index (χ3v) is 10.7. The van der Waals surface area contributed by atoms with Crippen LogP contribution in [0.2, 0.25) is 0 Å². The molecule has 1 amide bonds. The summed E-state index contributed by atoms with van der Waals surface area (Å²) in [5.41, 5.74) is 2.12. The number of nitrogens with zero attached hydrogens (tertiary/aromatic N) is 6. The highest BCUT2D eigenvalue weighted by molar-refractivity contribution is 7.89. The van der Waals surface area contributed by atoms with Gasteiger partial charge in [0.25, 0.3) is 0 Å². The highest BCUT2D eigenvalue weighted by Crippen LogP contribution is 2.43. The Hall–Kier alpha value is -3.18. The van der Waals surface area contributed by atoms with E-state index in [1.807, 2.05) is 46.8 Å². The molecule has 5 heterocycles. The molecule has 2 fully saturated rings. The Balaban J connectivity index is 1.37. The molecule has 40 heavy (non-hydrogen) atoms. The van der Waals surface area contributed by atoms with E-state index in [0.717, 1.165) is 72.9 Å². The quantitative estimate of drug-likeness (QED) is 0.486. The molecule has 2 atom stereocenters. The normalized spacial score (nSPS) is 26.9. The van der Waals surface area contributed by atoms with E-state index in [1.165, 1.54) is 0 Å². The number of amides is 1. The van der Waals surface area contributed by atoms with Crippen molar-refractivity contribution in [3.63, 3.8) is 0 Å². The maximum absolute atomic E-state index is 14.7. The Morgan fingerprint density at radius 3 is 2.65 bits per heavy atom. The Kier molecular flexibility index (Phi) is 6.27. The van der Waals surface area contributed by atoms with Crippen molar-refractivity contribution in [1.29, 1.82) is 0 Å². The standard InChI is InChI=1S/C29H37N7O3S/c1-33-14-6-7-18-40(38,39)32-29(13-12-21-9-2-3-10-22(21)29)28(37)35-17-5-4-11-24(35)23-19-26-30-25(34-15-8-16-34)20-27(33)36(26)31-23/h2-3,9-10,19-20,24,32H,4-8,11-18H2,1H3. The van der Waals surface area contributed by atoms with Gasteiger partial charge in [0, 0.05) is 45.4 Å². The maximum atomic E-state index is 14.7. The first kappa shape index (κ1) is 25.8. The zero-order valence-electron chi connectivity index (χ0n) is 23.1. The lowest BCUT2D eigenvalue weighted by Crippen LogP contribution is -2.58. The van der Waals surface area contributed by atoms with Crippen LogP contribution in [0.25, 0.3) is 5.65 Å². The molecule has 3 aliphatic heterocycles. The lowest BCUT2D eigenvalue weighted by atomic mass is 9.88. The minimum atomic E-state index is -3.71. The van der Waals surface area contributed by atoms with E-state index in [-0.39, 0.29) is 17.7 Å². The summed E-state index contributed by atoms with van der Waals surface area (Å²) in [4.78, 5) is 26.0. The van der Waals surface area contributed by atoms with Crippen molar-refractivity contribution in [3.8, 4) is 0 Å². The first-order valence-corrected chi connectivity index (χ1v) is 16.3. The van der Waals surface area contributed by atoms with Gasteiger partial charge in [0.05, 0.1) is 17.5 Å². The predicted octanol–water partition coefficient (Wildman–Crippen LogP) is 2.98. The van der Waals surface area contributed by atoms with Gasteiger partial charge in [-0.1, -0.05) is 24.3 Å². The smallest absolute Gasteiger partial charge is 0.249 e. The van der Waals surface area contributed by atoms with E-state index in [9.17, 15) is 13.2 Å². The highest BCUT2D eigenvalue weighted by Gasteiger charge is 2.51. The van der Waals surface area contributed by atoms with Gasteiger partial charge in [-0.15, -0.1) is 0 Å². The first-order valence-electron chi connectivity index (χ1n) is 14.6. The molecule has 2 saturated heterocycles. The number of rotatable bonds is 1. The maximum Gasteiger partial charge on any atom is 0.249 e. The summed E-state index contributed by atoms with van der Waals surface area (Å²) >= 11 is 0. The van der Waals surface area contributed by atoms with Crippen LogP contribution in [0.5, 0.6) is 0 Å². The fourth-order valence-corrected chi connectivity index (χ4v) is 8.40. The van der Waals surface area contributed by atoms with Gasteiger partial charge in [-0.25, -0.2) is 13.4 Å². The molecular weight excluding hydrogens is 526 g/mol. The molecule has 2 aromatic heterocycles. The zero-order valence-corrected chi connectivity index (χ0v) is 23.9. The lowest BCUT2D eigenvalue weighted by Gasteiger charge is -2.41. The molecule has 2 bridgehead atoms. The molecule has 3 aromatic rings. The van der Waals surface area contributed by atoms with E-state index in [4.69, 9.17) is 10.1 Å². The number of carbonyl (C=O) groups excluding carboxylic acids is 1. The Bertz CT molecular complexity index is 1570. The minimum absolute atomic E-state index is 0.0163. The lowest BCUT2D eigenvalue weighted by molar-refractivity contribution is -0.142. The van der Waals surface area contributed by atoms with Crippen molar-refractivity contribution in [2.75, 3.05) is 48.8 Å². The molecule has 7 rings (SSSR count). The molecule has 1 spiro atoms. The van der Waals surface area contributed by atoms with Gasteiger partial charge in [-0.2, -0.15) is 14.3 Å². The second-order valence-corrected chi connectivity index (χ2v) is 13.6. The predicted molar refractivity (Wildman–Crippen MR) is 154 cm³/mol. The molecule has 212 valence electrons. The fraction of sp³-hybridized carbons (Fsp3) is 0.552. The van der Waals surface area contributed by atoms with E-state index in [1.54, 1.807) is 0 Å². The Labute approximate surface area is 235 Å². The van der Waals surface area contributed by atoms with Gasteiger partial charge in [0.1, 0.15) is 17.2 Å². The van der Waals surface area contributed by atoms with Gasteiger partial charge in [0.2, 0.25) is 15.9 Å². The van der Waals surface area contributed by atoms with E-state index < -0.39 is 15.6 Å². The van der Waals surface area contributed by atoms with Crippen LogP contribution >= 0.6 is 0 Å². The number of aryl methyl sites for hydroxylation is 1. The number of nitrogens with one attached hydrogen (secondary N) is 1. The summed E-state index contributed by atoms with van der Waals surface area (Å²) < 4.78 is 32.0. The van der Waals surface area contributed by atoms with Crippen molar-refractivity contribution in [2.45, 2.75) is 62.9 Å². The molecule has 0 radical (unpaired) electrons. The summed E-state index contributed by atoms with van der Waals surface area (Å²) in [5.74, 6) is 1.70. The molecule has 0 saturated carbocycles. The third kappa shape index (κ3) is 4.25. The number of benzene rings is 1. The van der Waals surface area contributed by atoms with E-state index in [2.05, 4.69) is 20.6 Å². The summed E-state index contributed by atoms with van der Waals surface area (Å²) in [7, 11) is -1.69. The van der Waals surface area contributed by atoms with Crippen LogP contribution in [-0.2, 0) is 26.8 Å². The Morgan fingerprint density at radius 1 is 1.00 bits per heavy atom. The Morgan fingerprint density at radius 2 is 1.82 bits per heavy atom. The summed E-state index contributed by atoms with van der Waals surface area (Å²) in [5, 5.41) is 5.07. The van der Waals surface area contributed by atoms with Gasteiger partial charge in [0.15, 0.2) is 5.65 Å². The van der Waals surface area contributed by atoms with Crippen LogP contribution in [0.15, 0.2) is 36.4 Å². The van der Waals surface area contributed by atoms with Crippen LogP contribution in [0.4, 0.5) is 11.6 Å². The summed E-state index contributed by atoms with van der Waals surface area (Å²) in [6.45, 7) is 3.24. The second kappa shape index (κ2) is 9.73. The van der Waals surface area contributed by atoms with Crippen molar-refractivity contribution >= 4 is 33.2 Å². The van der Waals surface area contributed by atoms with Crippen molar-refractivity contribution in [2.24, 2.45) is 0 Å². The topological polar surface area (TPSA) is 103 Å². The third-order valence-electron chi connectivity index (χ3n) is 9.19. The molecule has 1 aliphatic carbocycles. The number of sulfonamides is 1. The van der Waals surface area contributed by atoms with Gasteiger partial charge in [-0.05, 0) is 62.5 Å². The first-order chi connectivity index (χ1) is 19.3. The minimum Gasteiger partial charge on any atom is -0.359 e. The van der Waals surface area contributed by atoms with Crippen LogP contribution in [0, 0.1) is 0 Å². The molecule has 11 heteroatoms. The number of anilines is 2. The van der Waals surface area contributed by atoms with Gasteiger partial charge in [-0.3, -0.25) is 4.79 Å². The summed E-state index contributed by atoms with van der Waals surface area (Å²) in [6, 6.07) is 11.7. The van der Waals surface area contributed by atoms with Crippen LogP contribution in [0.3, 0.4) is 0 Å². The largest absolute Gasteiger partial charge is 0.359 e. The number of fused-ring (bicyclic) bond motifs is 5. The summed E-state index contributed by atoms with van der Waals surface area (Å²) in [6.07, 6.45) is 6.08. The second-order valence-electron chi connectivity index (χ2n) is 11.8. The SMILES string of the molecule is CN1CCCCS(=O)(=O)NC2(CCc3ccccc32)C(=O)N2CCCCC2c2cc3nc(N4CCC4)cc1n3n2. The van der Waals surface area contributed by atoms with Crippen molar-refractivity contribution in [3.05, 3.63) is 53.2 Å². The van der Waals surface area contributed by atoms with E-state index >= 15 is 0 Å². The zero-order chi connectivity index (χ0) is 27.5. The van der Waals surface area contributed by atoms with Crippen molar-refractivity contribution in [1.82, 2.24) is 24.2 Å². The number of carbonyl (C=O) groups is 1. The molecule has 4 aliphatic rings. The van der Waals surface area contributed by atoms with Crippen LogP contribution in [-0.4, -0.2) is 72.8 Å². The average molecular weight is 564 g/mol. The fourth-order valence-electron chi connectivity index (χ4n) is 6.89. The van der Waals surface area contributed by atoms with Crippen LogP contribution < -0.4 is 14.5 Å². The molecule has 2 unspecified atom stereocenters. The molecule has 1 N–H and O–H groups in total. The van der Waals surface area contributed by atoms with Crippen LogP contribution in [0.1, 0.15) is 67.8 Å².